The van der Waals surface area contributed by atoms with Crippen LogP contribution in [0.3, 0.4) is 0 Å². The van der Waals surface area contributed by atoms with Crippen LogP contribution in [0.4, 0.5) is 0 Å². The fourth-order valence-corrected chi connectivity index (χ4v) is 2.45. The van der Waals surface area contributed by atoms with Gasteiger partial charge in [0.1, 0.15) is 12.2 Å². The van der Waals surface area contributed by atoms with Crippen LogP contribution in [0.15, 0.2) is 35.6 Å². The Bertz CT molecular complexity index is 629. The number of aromatic nitrogens is 3. The molecule has 23 heavy (non-hydrogen) atoms. The Morgan fingerprint density at radius 3 is 2.70 bits per heavy atom. The first-order valence-electron chi connectivity index (χ1n) is 7.98. The second kappa shape index (κ2) is 8.31. The van der Waals surface area contributed by atoms with E-state index in [0.29, 0.717) is 0 Å². The van der Waals surface area contributed by atoms with Crippen molar-refractivity contribution in [3.05, 3.63) is 47.5 Å². The van der Waals surface area contributed by atoms with Crippen LogP contribution in [-0.4, -0.2) is 46.3 Å². The molecule has 0 unspecified atom stereocenters. The highest BCUT2D eigenvalue weighted by atomic mass is 15.3. The molecule has 2 rings (SSSR count). The Kier molecular flexibility index (Phi) is 6.14. The number of aliphatic imine (C=N–C) groups is 1. The molecule has 124 valence electrons. The zero-order chi connectivity index (χ0) is 16.7. The predicted molar refractivity (Wildman–Crippen MR) is 93.4 cm³/mol. The van der Waals surface area contributed by atoms with Gasteiger partial charge in [0.05, 0.1) is 0 Å². The highest BCUT2D eigenvalue weighted by molar-refractivity contribution is 5.79. The Hall–Kier alpha value is -2.37. The van der Waals surface area contributed by atoms with Crippen molar-refractivity contribution in [3.63, 3.8) is 0 Å². The molecule has 1 aromatic carbocycles. The molecule has 2 aromatic rings. The molecule has 0 aliphatic carbocycles. The first kappa shape index (κ1) is 17.0. The van der Waals surface area contributed by atoms with Crippen LogP contribution >= 0.6 is 0 Å². The summed E-state index contributed by atoms with van der Waals surface area (Å²) in [5.74, 6) is 1.89. The number of benzene rings is 1. The van der Waals surface area contributed by atoms with Crippen LogP contribution in [-0.2, 0) is 19.5 Å². The molecule has 0 aliphatic heterocycles. The number of hydrogen-bond donors (Lipinski definition) is 1. The largest absolute Gasteiger partial charge is 0.354 e. The second-order valence-electron chi connectivity index (χ2n) is 5.61. The highest BCUT2D eigenvalue weighted by Crippen LogP contribution is 2.06. The molecule has 0 aliphatic rings. The van der Waals surface area contributed by atoms with Gasteiger partial charge in [0.25, 0.3) is 0 Å². The van der Waals surface area contributed by atoms with Crippen LogP contribution in [0.25, 0.3) is 0 Å². The third kappa shape index (κ3) is 4.81. The molecule has 0 radical (unpaired) electrons. The fourth-order valence-electron chi connectivity index (χ4n) is 2.45. The first-order valence-corrected chi connectivity index (χ1v) is 7.98. The molecule has 0 saturated carbocycles. The average Bonchev–Trinajstić information content (AvgIpc) is 3.01. The molecule has 0 atom stereocenters. The number of hydrogen-bond acceptors (Lipinski definition) is 3. The number of nitrogens with zero attached hydrogens (tertiary/aromatic N) is 5. The summed E-state index contributed by atoms with van der Waals surface area (Å²) in [6.45, 7) is 6.63. The van der Waals surface area contributed by atoms with Crippen molar-refractivity contribution in [3.8, 4) is 0 Å². The van der Waals surface area contributed by atoms with Gasteiger partial charge < -0.3 is 14.8 Å². The van der Waals surface area contributed by atoms with E-state index in [2.05, 4.69) is 68.1 Å². The summed E-state index contributed by atoms with van der Waals surface area (Å²) in [6, 6.07) is 8.59. The van der Waals surface area contributed by atoms with E-state index in [4.69, 9.17) is 0 Å². The Morgan fingerprint density at radius 2 is 2.04 bits per heavy atom. The SMILES string of the molecule is CCc1nncn1CCNC(=NC)N(C)Cc1ccc(C)cc1. The third-order valence-corrected chi connectivity index (χ3v) is 3.76. The topological polar surface area (TPSA) is 58.3 Å². The molecule has 1 aromatic heterocycles. The Balaban J connectivity index is 1.85. The average molecular weight is 314 g/mol. The van der Waals surface area contributed by atoms with Gasteiger partial charge in [-0.3, -0.25) is 4.99 Å². The van der Waals surface area contributed by atoms with Crippen molar-refractivity contribution < 1.29 is 0 Å². The van der Waals surface area contributed by atoms with E-state index in [9.17, 15) is 0 Å². The maximum Gasteiger partial charge on any atom is 0.193 e. The lowest BCUT2D eigenvalue weighted by atomic mass is 10.1. The minimum absolute atomic E-state index is 0.788. The van der Waals surface area contributed by atoms with Gasteiger partial charge in [-0.25, -0.2) is 0 Å². The molecular formula is C17H26N6. The summed E-state index contributed by atoms with van der Waals surface area (Å²) in [5, 5.41) is 11.4. The van der Waals surface area contributed by atoms with Crippen molar-refractivity contribution in [1.29, 1.82) is 0 Å². The quantitative estimate of drug-likeness (QED) is 0.653. The Labute approximate surface area is 138 Å². The zero-order valence-corrected chi connectivity index (χ0v) is 14.5. The van der Waals surface area contributed by atoms with Crippen molar-refractivity contribution in [2.75, 3.05) is 20.6 Å². The van der Waals surface area contributed by atoms with Gasteiger partial charge in [0, 0.05) is 40.2 Å². The van der Waals surface area contributed by atoms with E-state index >= 15 is 0 Å². The van der Waals surface area contributed by atoms with Gasteiger partial charge in [-0.05, 0) is 12.5 Å². The number of guanidine groups is 1. The minimum atomic E-state index is 0.788. The van der Waals surface area contributed by atoms with E-state index < -0.39 is 0 Å². The normalized spacial score (nSPS) is 11.6. The van der Waals surface area contributed by atoms with Gasteiger partial charge in [-0.1, -0.05) is 36.8 Å². The number of nitrogens with one attached hydrogen (secondary N) is 1. The molecule has 0 spiro atoms. The van der Waals surface area contributed by atoms with Crippen LogP contribution in [0.2, 0.25) is 0 Å². The van der Waals surface area contributed by atoms with Gasteiger partial charge >= 0.3 is 0 Å². The van der Waals surface area contributed by atoms with E-state index in [0.717, 1.165) is 37.8 Å². The van der Waals surface area contributed by atoms with Gasteiger partial charge in [0.15, 0.2) is 5.96 Å². The standard InChI is InChI=1S/C17H26N6/c1-5-16-21-20-13-23(16)11-10-19-17(18-3)22(4)12-15-8-6-14(2)7-9-15/h6-9,13H,5,10-12H2,1-4H3,(H,18,19). The van der Waals surface area contributed by atoms with Crippen LogP contribution in [0.1, 0.15) is 23.9 Å². The lowest BCUT2D eigenvalue weighted by molar-refractivity contribution is 0.472. The van der Waals surface area contributed by atoms with Crippen molar-refractivity contribution in [2.24, 2.45) is 4.99 Å². The maximum atomic E-state index is 4.35. The Morgan fingerprint density at radius 1 is 1.30 bits per heavy atom. The summed E-state index contributed by atoms with van der Waals surface area (Å²) in [6.07, 6.45) is 2.67. The van der Waals surface area contributed by atoms with Crippen LogP contribution in [0.5, 0.6) is 0 Å². The summed E-state index contributed by atoms with van der Waals surface area (Å²) < 4.78 is 2.07. The molecule has 1 heterocycles. The second-order valence-corrected chi connectivity index (χ2v) is 5.61. The van der Waals surface area contributed by atoms with Gasteiger partial charge in [-0.2, -0.15) is 0 Å². The minimum Gasteiger partial charge on any atom is -0.354 e. The van der Waals surface area contributed by atoms with Crippen LogP contribution in [0, 0.1) is 6.92 Å². The van der Waals surface area contributed by atoms with E-state index in [-0.39, 0.29) is 0 Å². The van der Waals surface area contributed by atoms with E-state index in [1.807, 2.05) is 14.1 Å². The maximum absolute atomic E-state index is 4.35. The summed E-state index contributed by atoms with van der Waals surface area (Å²) in [7, 11) is 3.86. The molecule has 6 nitrogen and oxygen atoms in total. The highest BCUT2D eigenvalue weighted by Gasteiger charge is 2.07. The number of aryl methyl sites for hydroxylation is 2. The third-order valence-electron chi connectivity index (χ3n) is 3.76. The summed E-state index contributed by atoms with van der Waals surface area (Å²) in [4.78, 5) is 6.48. The molecule has 0 amide bonds. The number of rotatable bonds is 6. The molecule has 0 fully saturated rings. The van der Waals surface area contributed by atoms with Crippen molar-refractivity contribution >= 4 is 5.96 Å². The van der Waals surface area contributed by atoms with E-state index in [1.165, 1.54) is 11.1 Å². The lowest BCUT2D eigenvalue weighted by Crippen LogP contribution is -2.39. The molecular weight excluding hydrogens is 288 g/mol. The summed E-state index contributed by atoms with van der Waals surface area (Å²) in [5.41, 5.74) is 2.55. The van der Waals surface area contributed by atoms with E-state index in [1.54, 1.807) is 6.33 Å². The lowest BCUT2D eigenvalue weighted by Gasteiger charge is -2.22. The fraction of sp³-hybridized carbons (Fsp3) is 0.471. The van der Waals surface area contributed by atoms with Crippen molar-refractivity contribution in [1.82, 2.24) is 25.0 Å². The molecule has 0 saturated heterocycles. The molecule has 1 N–H and O–H groups in total. The molecule has 6 heteroatoms. The van der Waals surface area contributed by atoms with Crippen molar-refractivity contribution in [2.45, 2.75) is 33.4 Å². The predicted octanol–water partition coefficient (Wildman–Crippen LogP) is 1.86. The summed E-state index contributed by atoms with van der Waals surface area (Å²) >= 11 is 0. The zero-order valence-electron chi connectivity index (χ0n) is 14.5. The van der Waals surface area contributed by atoms with Gasteiger partial charge in [-0.15, -0.1) is 10.2 Å². The molecule has 0 bridgehead atoms. The monoisotopic (exact) mass is 314 g/mol. The first-order chi connectivity index (χ1) is 11.1. The van der Waals surface area contributed by atoms with Gasteiger partial charge in [0.2, 0.25) is 0 Å². The van der Waals surface area contributed by atoms with Crippen LogP contribution < -0.4 is 5.32 Å². The smallest absolute Gasteiger partial charge is 0.193 e.